The van der Waals surface area contributed by atoms with Crippen LogP contribution < -0.4 is 0 Å². The molecule has 0 fully saturated rings. The van der Waals surface area contributed by atoms with Gasteiger partial charge in [0, 0.05) is 0 Å². The SMILES string of the molecule is CCCCCCC([PH3+])(CCCCCC)CCCCCC.F[P-](F)(F)(F)(F)F. The Morgan fingerprint density at radius 2 is 0.741 bits per heavy atom. The number of halogens is 6. The van der Waals surface area contributed by atoms with E-state index in [1.807, 2.05) is 0 Å². The van der Waals surface area contributed by atoms with E-state index >= 15 is 0 Å². The van der Waals surface area contributed by atoms with Gasteiger partial charge >= 0.3 is 33.0 Å². The minimum atomic E-state index is -10.7. The summed E-state index contributed by atoms with van der Waals surface area (Å²) in [6.45, 7) is 6.95. The third-order valence-electron chi connectivity index (χ3n) is 4.68. The third-order valence-corrected chi connectivity index (χ3v) is 5.74. The monoisotopic (exact) mass is 446 g/mol. The minimum absolute atomic E-state index is 0.676. The van der Waals surface area contributed by atoms with Gasteiger partial charge in [0.15, 0.2) is 0 Å². The summed E-state index contributed by atoms with van der Waals surface area (Å²) in [4.78, 5) is 0. The van der Waals surface area contributed by atoms with Crippen molar-refractivity contribution in [1.29, 1.82) is 0 Å². The van der Waals surface area contributed by atoms with Crippen molar-refractivity contribution in [3.05, 3.63) is 0 Å². The van der Waals surface area contributed by atoms with Crippen LogP contribution in [-0.4, -0.2) is 5.16 Å². The number of unbranched alkanes of at least 4 members (excludes halogenated alkanes) is 9. The van der Waals surface area contributed by atoms with Gasteiger partial charge < -0.3 is 0 Å². The summed E-state index contributed by atoms with van der Waals surface area (Å²) >= 11 is 0. The van der Waals surface area contributed by atoms with Crippen LogP contribution in [-0.2, 0) is 0 Å². The van der Waals surface area contributed by atoms with Crippen LogP contribution in [0.4, 0.5) is 25.2 Å². The van der Waals surface area contributed by atoms with Crippen molar-refractivity contribution < 1.29 is 25.2 Å². The average Bonchev–Trinajstić information content (AvgIpc) is 2.50. The fourth-order valence-electron chi connectivity index (χ4n) is 3.16. The Bertz CT molecular complexity index is 311. The molecular formula is C19H42F6P2. The Morgan fingerprint density at radius 1 is 0.519 bits per heavy atom. The van der Waals surface area contributed by atoms with Crippen molar-refractivity contribution in [3.63, 3.8) is 0 Å². The van der Waals surface area contributed by atoms with E-state index in [0.717, 1.165) is 0 Å². The summed E-state index contributed by atoms with van der Waals surface area (Å²) in [5.74, 6) is 0. The molecule has 0 saturated heterocycles. The van der Waals surface area contributed by atoms with Gasteiger partial charge in [-0.3, -0.25) is 0 Å². The van der Waals surface area contributed by atoms with Crippen molar-refractivity contribution in [3.8, 4) is 0 Å². The van der Waals surface area contributed by atoms with E-state index in [1.165, 1.54) is 96.3 Å². The summed E-state index contributed by atoms with van der Waals surface area (Å²) in [5.41, 5.74) is 0. The molecule has 0 saturated carbocycles. The zero-order valence-corrected chi connectivity index (χ0v) is 19.8. The molecule has 0 bridgehead atoms. The molecule has 0 aliphatic heterocycles. The van der Waals surface area contributed by atoms with Crippen LogP contribution in [0, 0.1) is 0 Å². The molecule has 0 heterocycles. The van der Waals surface area contributed by atoms with E-state index < -0.39 is 7.81 Å². The molecule has 0 aromatic carbocycles. The third kappa shape index (κ3) is 34.4. The maximum absolute atomic E-state index is 10.7. The zero-order chi connectivity index (χ0) is 21.5. The Labute approximate surface area is 165 Å². The van der Waals surface area contributed by atoms with E-state index in [1.54, 1.807) is 0 Å². The van der Waals surface area contributed by atoms with Gasteiger partial charge in [0.25, 0.3) is 0 Å². The first kappa shape index (κ1) is 29.6. The van der Waals surface area contributed by atoms with Crippen molar-refractivity contribution in [2.75, 3.05) is 0 Å². The van der Waals surface area contributed by atoms with Crippen molar-refractivity contribution >= 4 is 17.0 Å². The first-order valence-corrected chi connectivity index (χ1v) is 13.3. The fraction of sp³-hybridized carbons (Fsp3) is 1.00. The fourth-order valence-corrected chi connectivity index (χ4v) is 3.91. The number of hydrogen-bond donors (Lipinski definition) is 0. The standard InChI is InChI=1S/C19H41P.F6P/c1-4-7-10-13-16-19(20,17-14-11-8-5-2)18-15-12-9-6-3;1-7(2,3,4,5)6/h4-18,20H2,1-3H3;/q;-1/p+1. The quantitative estimate of drug-likeness (QED) is 0.133. The van der Waals surface area contributed by atoms with E-state index in [2.05, 4.69) is 30.0 Å². The first-order valence-electron chi connectivity index (χ1n) is 10.5. The molecule has 170 valence electrons. The first-order chi connectivity index (χ1) is 12.1. The average molecular weight is 446 g/mol. The van der Waals surface area contributed by atoms with Gasteiger partial charge in [-0.05, 0) is 47.8 Å². The second kappa shape index (κ2) is 12.9. The van der Waals surface area contributed by atoms with Gasteiger partial charge in [-0.15, -0.1) is 0 Å². The van der Waals surface area contributed by atoms with Gasteiger partial charge in [-0.1, -0.05) is 78.6 Å². The summed E-state index contributed by atoms with van der Waals surface area (Å²) in [6.07, 6.45) is 21.7. The van der Waals surface area contributed by atoms with E-state index in [4.69, 9.17) is 0 Å². The Kier molecular flexibility index (Phi) is 14.1. The molecule has 0 aromatic heterocycles. The van der Waals surface area contributed by atoms with Crippen molar-refractivity contribution in [2.24, 2.45) is 0 Å². The van der Waals surface area contributed by atoms with Gasteiger partial charge in [0.1, 0.15) is 0 Å². The van der Waals surface area contributed by atoms with Crippen LogP contribution in [0.15, 0.2) is 0 Å². The molecule has 0 rings (SSSR count). The molecule has 27 heavy (non-hydrogen) atoms. The van der Waals surface area contributed by atoms with E-state index in [9.17, 15) is 25.2 Å². The predicted octanol–water partition coefficient (Wildman–Crippen LogP) is 10.6. The van der Waals surface area contributed by atoms with Crippen LogP contribution in [0.3, 0.4) is 0 Å². The molecule has 0 aliphatic carbocycles. The molecule has 1 unspecified atom stereocenters. The Balaban J connectivity index is 0. The molecule has 0 amide bonds. The molecule has 0 aliphatic rings. The van der Waals surface area contributed by atoms with Crippen LogP contribution >= 0.6 is 17.0 Å². The van der Waals surface area contributed by atoms with Gasteiger partial charge in [0.2, 0.25) is 0 Å². The molecule has 0 spiro atoms. The second-order valence-corrected chi connectivity index (χ2v) is 11.3. The van der Waals surface area contributed by atoms with Crippen molar-refractivity contribution in [1.82, 2.24) is 0 Å². The number of rotatable bonds is 15. The van der Waals surface area contributed by atoms with Gasteiger partial charge in [-0.25, -0.2) is 0 Å². The topological polar surface area (TPSA) is 0 Å². The molecule has 0 aromatic rings. The molecule has 1 atom stereocenters. The molecule has 0 N–H and O–H groups in total. The van der Waals surface area contributed by atoms with E-state index in [-0.39, 0.29) is 0 Å². The summed E-state index contributed by atoms with van der Waals surface area (Å²) in [6, 6.07) is 0. The molecule has 0 radical (unpaired) electrons. The van der Waals surface area contributed by atoms with Crippen LogP contribution in [0.2, 0.25) is 0 Å². The molecular weight excluding hydrogens is 404 g/mol. The van der Waals surface area contributed by atoms with Crippen LogP contribution in [0.1, 0.15) is 117 Å². The van der Waals surface area contributed by atoms with E-state index in [0.29, 0.717) is 5.16 Å². The van der Waals surface area contributed by atoms with Crippen molar-refractivity contribution in [2.45, 2.75) is 122 Å². The Hall–Kier alpha value is 0.440. The zero-order valence-electron chi connectivity index (χ0n) is 17.5. The Morgan fingerprint density at radius 3 is 0.926 bits per heavy atom. The second-order valence-electron chi connectivity index (χ2n) is 7.89. The van der Waals surface area contributed by atoms with Crippen LogP contribution in [0.5, 0.6) is 0 Å². The predicted molar refractivity (Wildman–Crippen MR) is 114 cm³/mol. The summed E-state index contributed by atoms with van der Waals surface area (Å²) in [7, 11) is -8.31. The molecule has 8 heteroatoms. The summed E-state index contributed by atoms with van der Waals surface area (Å²) < 4.78 is 59.2. The van der Waals surface area contributed by atoms with Gasteiger partial charge in [0.05, 0.1) is 5.16 Å². The summed E-state index contributed by atoms with van der Waals surface area (Å²) in [5, 5.41) is 0.676. The molecule has 0 nitrogen and oxygen atoms in total. The van der Waals surface area contributed by atoms with Gasteiger partial charge in [-0.2, -0.15) is 0 Å². The van der Waals surface area contributed by atoms with Crippen LogP contribution in [0.25, 0.3) is 0 Å². The number of hydrogen-bond acceptors (Lipinski definition) is 0. The normalized spacial score (nSPS) is 15.0. The maximum atomic E-state index is 9.87.